The summed E-state index contributed by atoms with van der Waals surface area (Å²) in [6, 6.07) is -0.838. The van der Waals surface area contributed by atoms with Crippen LogP contribution >= 0.6 is 0 Å². The van der Waals surface area contributed by atoms with Crippen LogP contribution in [0.4, 0.5) is 0 Å². The third-order valence-electron chi connectivity index (χ3n) is 12.5. The molecule has 7 atom stereocenters. The van der Waals surface area contributed by atoms with E-state index in [0.29, 0.717) is 6.42 Å². The molecule has 1 amide bonds. The number of hydrogen-bond donors (Lipinski definition) is 6. The van der Waals surface area contributed by atoms with E-state index in [1.165, 1.54) is 141 Å². The SMILES string of the molecule is CCCCC/C=C\C/C=C\CCCCCCCC(=O)NC(COC1OC(CO)C(O)C(O)C1O)C(O)/C=C/CC/C=C/CC/C=C/CCCCCCCCCCCCCCCCCCC. The lowest BCUT2D eigenvalue weighted by molar-refractivity contribution is -0.302. The molecule has 0 aliphatic carbocycles. The van der Waals surface area contributed by atoms with Gasteiger partial charge in [0.05, 0.1) is 25.4 Å². The maximum Gasteiger partial charge on any atom is 0.220 e. The van der Waals surface area contributed by atoms with E-state index in [2.05, 4.69) is 67.8 Å². The normalized spacial score (nSPS) is 20.4. The number of unbranched alkanes of at least 4 members (excludes halogenated alkanes) is 27. The average Bonchev–Trinajstić information content (AvgIpc) is 3.31. The van der Waals surface area contributed by atoms with Crippen molar-refractivity contribution >= 4 is 5.91 Å². The van der Waals surface area contributed by atoms with Gasteiger partial charge in [-0.3, -0.25) is 4.79 Å². The first-order chi connectivity index (χ1) is 31.8. The lowest BCUT2D eigenvalue weighted by Gasteiger charge is -2.40. The Balaban J connectivity index is 2.29. The van der Waals surface area contributed by atoms with Gasteiger partial charge < -0.3 is 40.3 Å². The Hall–Kier alpha value is -2.11. The highest BCUT2D eigenvalue weighted by Gasteiger charge is 2.44. The minimum absolute atomic E-state index is 0.206. The monoisotopic (exact) mass is 916 g/mol. The standard InChI is InChI=1S/C56H101NO8/c1-3-5-7-9-11-13-15-17-19-20-21-22-23-24-25-26-27-28-29-30-32-33-35-37-39-41-43-45-50(59)49(48-64-56-55(63)54(62)53(61)51(47-58)65-56)57-52(60)46-44-42-40-38-36-34-31-18-16-14-12-10-8-6-4-2/h12,14,18,29-31,35,37,43,45,49-51,53-56,58-59,61-63H,3-11,13,15-17,19-28,32-34,36,38-42,44,46-48H2,1-2H3,(H,57,60)/b14-12-,30-29+,31-18-,37-35+,45-43+. The van der Waals surface area contributed by atoms with Crippen molar-refractivity contribution in [2.24, 2.45) is 0 Å². The average molecular weight is 916 g/mol. The molecular weight excluding hydrogens is 815 g/mol. The van der Waals surface area contributed by atoms with E-state index in [1.807, 2.05) is 6.08 Å². The molecule has 9 nitrogen and oxygen atoms in total. The molecule has 7 unspecified atom stereocenters. The lowest BCUT2D eigenvalue weighted by atomic mass is 9.99. The predicted molar refractivity (Wildman–Crippen MR) is 272 cm³/mol. The molecule has 1 aliphatic heterocycles. The summed E-state index contributed by atoms with van der Waals surface area (Å²) in [6.45, 7) is 3.72. The summed E-state index contributed by atoms with van der Waals surface area (Å²) >= 11 is 0. The summed E-state index contributed by atoms with van der Waals surface area (Å²) in [5.41, 5.74) is 0. The summed E-state index contributed by atoms with van der Waals surface area (Å²) < 4.78 is 11.2. The van der Waals surface area contributed by atoms with Crippen molar-refractivity contribution < 1.29 is 39.8 Å². The zero-order chi connectivity index (χ0) is 47.3. The smallest absolute Gasteiger partial charge is 0.220 e. The first kappa shape index (κ1) is 60.9. The number of aliphatic hydroxyl groups is 5. The third kappa shape index (κ3) is 35.7. The summed E-state index contributed by atoms with van der Waals surface area (Å²) in [5.74, 6) is -0.206. The highest BCUT2D eigenvalue weighted by Crippen LogP contribution is 2.23. The van der Waals surface area contributed by atoms with E-state index < -0.39 is 49.5 Å². The molecule has 0 aromatic rings. The molecule has 0 bridgehead atoms. The van der Waals surface area contributed by atoms with Crippen molar-refractivity contribution in [2.45, 2.75) is 275 Å². The van der Waals surface area contributed by atoms with Crippen molar-refractivity contribution in [1.82, 2.24) is 5.32 Å². The molecule has 0 radical (unpaired) electrons. The molecule has 1 aliphatic rings. The van der Waals surface area contributed by atoms with Crippen LogP contribution in [0.2, 0.25) is 0 Å². The number of ether oxygens (including phenoxy) is 2. The van der Waals surface area contributed by atoms with Crippen LogP contribution in [-0.4, -0.2) is 87.5 Å². The predicted octanol–water partition coefficient (Wildman–Crippen LogP) is 12.7. The van der Waals surface area contributed by atoms with Gasteiger partial charge in [0.1, 0.15) is 24.4 Å². The van der Waals surface area contributed by atoms with E-state index >= 15 is 0 Å². The van der Waals surface area contributed by atoms with Crippen LogP contribution in [0.1, 0.15) is 232 Å². The minimum atomic E-state index is -1.58. The van der Waals surface area contributed by atoms with E-state index in [1.54, 1.807) is 6.08 Å². The van der Waals surface area contributed by atoms with Gasteiger partial charge in [0.15, 0.2) is 6.29 Å². The second kappa shape index (κ2) is 45.7. The van der Waals surface area contributed by atoms with Gasteiger partial charge in [-0.05, 0) is 77.0 Å². The number of carbonyl (C=O) groups is 1. The second-order valence-corrected chi connectivity index (χ2v) is 18.6. The minimum Gasteiger partial charge on any atom is -0.394 e. The first-order valence-corrected chi connectivity index (χ1v) is 27.0. The van der Waals surface area contributed by atoms with Crippen LogP contribution in [0.3, 0.4) is 0 Å². The molecule has 0 spiro atoms. The van der Waals surface area contributed by atoms with Crippen LogP contribution in [-0.2, 0) is 14.3 Å². The van der Waals surface area contributed by atoms with Crippen molar-refractivity contribution in [2.75, 3.05) is 13.2 Å². The molecule has 378 valence electrons. The van der Waals surface area contributed by atoms with Crippen LogP contribution in [0, 0.1) is 0 Å². The van der Waals surface area contributed by atoms with E-state index in [-0.39, 0.29) is 12.5 Å². The van der Waals surface area contributed by atoms with Crippen molar-refractivity contribution in [3.05, 3.63) is 60.8 Å². The molecule has 0 aromatic carbocycles. The summed E-state index contributed by atoms with van der Waals surface area (Å²) in [4.78, 5) is 13.0. The van der Waals surface area contributed by atoms with E-state index in [0.717, 1.165) is 70.6 Å². The van der Waals surface area contributed by atoms with E-state index in [9.17, 15) is 30.3 Å². The fourth-order valence-electron chi connectivity index (χ4n) is 8.22. The summed E-state index contributed by atoms with van der Waals surface area (Å²) in [7, 11) is 0. The number of carbonyl (C=O) groups excluding carboxylic acids is 1. The van der Waals surface area contributed by atoms with Gasteiger partial charge in [-0.1, -0.05) is 209 Å². The maximum atomic E-state index is 13.0. The molecule has 1 heterocycles. The molecule has 0 aromatic heterocycles. The van der Waals surface area contributed by atoms with Gasteiger partial charge in [-0.2, -0.15) is 0 Å². The van der Waals surface area contributed by atoms with Crippen molar-refractivity contribution in [3.8, 4) is 0 Å². The van der Waals surface area contributed by atoms with Gasteiger partial charge in [0.25, 0.3) is 0 Å². The van der Waals surface area contributed by atoms with E-state index in [4.69, 9.17) is 9.47 Å². The summed E-state index contributed by atoms with van der Waals surface area (Å²) in [6.07, 6.45) is 54.3. The Morgan fingerprint density at radius 3 is 1.42 bits per heavy atom. The fourth-order valence-corrected chi connectivity index (χ4v) is 8.22. The van der Waals surface area contributed by atoms with Crippen LogP contribution in [0.15, 0.2) is 60.8 Å². The number of allylic oxidation sites excluding steroid dienone is 9. The molecule has 1 rings (SSSR count). The molecule has 65 heavy (non-hydrogen) atoms. The molecule has 9 heteroatoms. The number of amides is 1. The Bertz CT molecular complexity index is 1200. The zero-order valence-corrected chi connectivity index (χ0v) is 41.7. The number of nitrogens with one attached hydrogen (secondary N) is 1. The molecule has 0 saturated carbocycles. The Morgan fingerprint density at radius 1 is 0.523 bits per heavy atom. The van der Waals surface area contributed by atoms with Gasteiger partial charge in [0, 0.05) is 6.42 Å². The first-order valence-electron chi connectivity index (χ1n) is 27.0. The molecular formula is C56H101NO8. The van der Waals surface area contributed by atoms with Crippen molar-refractivity contribution in [1.29, 1.82) is 0 Å². The largest absolute Gasteiger partial charge is 0.394 e. The highest BCUT2D eigenvalue weighted by atomic mass is 16.7. The Kier molecular flexibility index (Phi) is 42.8. The van der Waals surface area contributed by atoms with Crippen LogP contribution < -0.4 is 5.32 Å². The van der Waals surface area contributed by atoms with Gasteiger partial charge in [0.2, 0.25) is 5.91 Å². The zero-order valence-electron chi connectivity index (χ0n) is 41.7. The maximum absolute atomic E-state index is 13.0. The third-order valence-corrected chi connectivity index (χ3v) is 12.5. The Labute approximate surface area is 398 Å². The van der Waals surface area contributed by atoms with Gasteiger partial charge >= 0.3 is 0 Å². The van der Waals surface area contributed by atoms with Crippen LogP contribution in [0.5, 0.6) is 0 Å². The number of aliphatic hydroxyl groups excluding tert-OH is 5. The second-order valence-electron chi connectivity index (χ2n) is 18.6. The topological polar surface area (TPSA) is 149 Å². The Morgan fingerprint density at radius 2 is 0.923 bits per heavy atom. The quantitative estimate of drug-likeness (QED) is 0.0261. The van der Waals surface area contributed by atoms with Crippen molar-refractivity contribution in [3.63, 3.8) is 0 Å². The van der Waals surface area contributed by atoms with Gasteiger partial charge in [-0.25, -0.2) is 0 Å². The molecule has 1 fully saturated rings. The number of hydrogen-bond acceptors (Lipinski definition) is 8. The number of rotatable bonds is 45. The molecule has 1 saturated heterocycles. The lowest BCUT2D eigenvalue weighted by Crippen LogP contribution is -2.60. The fraction of sp³-hybridized carbons (Fsp3) is 0.804. The van der Waals surface area contributed by atoms with Crippen LogP contribution in [0.25, 0.3) is 0 Å². The summed E-state index contributed by atoms with van der Waals surface area (Å²) in [5, 5.41) is 54.3. The molecule has 6 N–H and O–H groups in total. The highest BCUT2D eigenvalue weighted by molar-refractivity contribution is 5.76. The van der Waals surface area contributed by atoms with Gasteiger partial charge in [-0.15, -0.1) is 0 Å².